The van der Waals surface area contributed by atoms with Crippen LogP contribution in [0.25, 0.3) is 0 Å². The topological polar surface area (TPSA) is 38.0 Å². The number of rotatable bonds is 4. The van der Waals surface area contributed by atoms with Crippen molar-refractivity contribution >= 4 is 15.9 Å². The van der Waals surface area contributed by atoms with Gasteiger partial charge in [0.15, 0.2) is 0 Å². The molecule has 100 valence electrons. The van der Waals surface area contributed by atoms with Crippen LogP contribution in [0, 0.1) is 11.6 Å². The van der Waals surface area contributed by atoms with Crippen molar-refractivity contribution in [3.63, 3.8) is 0 Å². The van der Waals surface area contributed by atoms with Gasteiger partial charge in [0.25, 0.3) is 0 Å². The molecule has 0 saturated carbocycles. The summed E-state index contributed by atoms with van der Waals surface area (Å²) in [5.41, 5.74) is 3.77. The van der Waals surface area contributed by atoms with Crippen LogP contribution in [0.4, 0.5) is 8.78 Å². The van der Waals surface area contributed by atoms with E-state index in [-0.39, 0.29) is 11.6 Å². The van der Waals surface area contributed by atoms with E-state index < -0.39 is 6.04 Å². The third-order valence-electron chi connectivity index (χ3n) is 2.86. The monoisotopic (exact) mass is 326 g/mol. The predicted octanol–water partition coefficient (Wildman–Crippen LogP) is 3.47. The van der Waals surface area contributed by atoms with Crippen molar-refractivity contribution in [3.05, 3.63) is 69.7 Å². The molecule has 0 aliphatic rings. The van der Waals surface area contributed by atoms with Gasteiger partial charge in [-0.1, -0.05) is 28.1 Å². The lowest BCUT2D eigenvalue weighted by Gasteiger charge is -2.17. The molecular formula is C14H13BrF2N2. The highest BCUT2D eigenvalue weighted by molar-refractivity contribution is 9.10. The molecule has 0 aliphatic heterocycles. The number of benzene rings is 2. The van der Waals surface area contributed by atoms with Gasteiger partial charge >= 0.3 is 0 Å². The van der Waals surface area contributed by atoms with E-state index in [9.17, 15) is 8.78 Å². The molecule has 0 radical (unpaired) electrons. The molecular weight excluding hydrogens is 314 g/mol. The number of nitrogens with two attached hydrogens (primary N) is 1. The molecule has 0 aromatic heterocycles. The standard InChI is InChI=1S/C14H13BrF2N2/c15-10-4-5-13(17)12(8-10)14(19-18)7-9-2-1-3-11(16)6-9/h1-6,8,14,19H,7,18H2. The van der Waals surface area contributed by atoms with Crippen LogP contribution in [0.3, 0.4) is 0 Å². The highest BCUT2D eigenvalue weighted by Gasteiger charge is 2.15. The van der Waals surface area contributed by atoms with Crippen molar-refractivity contribution in [1.29, 1.82) is 0 Å². The second-order valence-electron chi connectivity index (χ2n) is 4.22. The first-order valence-electron chi connectivity index (χ1n) is 5.75. The highest BCUT2D eigenvalue weighted by atomic mass is 79.9. The molecule has 5 heteroatoms. The Kier molecular flexibility index (Phi) is 4.63. The summed E-state index contributed by atoms with van der Waals surface area (Å²) >= 11 is 3.30. The van der Waals surface area contributed by atoms with E-state index >= 15 is 0 Å². The lowest BCUT2D eigenvalue weighted by Crippen LogP contribution is -2.30. The van der Waals surface area contributed by atoms with E-state index in [1.165, 1.54) is 18.2 Å². The molecule has 2 nitrogen and oxygen atoms in total. The van der Waals surface area contributed by atoms with Crippen molar-refractivity contribution in [1.82, 2.24) is 5.43 Å². The van der Waals surface area contributed by atoms with Gasteiger partial charge in [-0.3, -0.25) is 11.3 Å². The summed E-state index contributed by atoms with van der Waals surface area (Å²) in [6.07, 6.45) is 0.404. The van der Waals surface area contributed by atoms with Crippen LogP contribution in [-0.2, 0) is 6.42 Å². The quantitative estimate of drug-likeness (QED) is 0.667. The summed E-state index contributed by atoms with van der Waals surface area (Å²) < 4.78 is 27.7. The molecule has 2 aromatic rings. The summed E-state index contributed by atoms with van der Waals surface area (Å²) in [7, 11) is 0. The molecule has 0 amide bonds. The summed E-state index contributed by atoms with van der Waals surface area (Å²) in [4.78, 5) is 0. The number of nitrogens with one attached hydrogen (secondary N) is 1. The van der Waals surface area contributed by atoms with Crippen LogP contribution in [0.1, 0.15) is 17.2 Å². The minimum absolute atomic E-state index is 0.317. The van der Waals surface area contributed by atoms with Crippen molar-refractivity contribution in [2.24, 2.45) is 5.84 Å². The van der Waals surface area contributed by atoms with Crippen molar-refractivity contribution < 1.29 is 8.78 Å². The molecule has 1 unspecified atom stereocenters. The first-order chi connectivity index (χ1) is 9.10. The van der Waals surface area contributed by atoms with Gasteiger partial charge in [0, 0.05) is 10.0 Å². The zero-order valence-corrected chi connectivity index (χ0v) is 11.6. The van der Waals surface area contributed by atoms with Crippen molar-refractivity contribution in [2.75, 3.05) is 0 Å². The minimum Gasteiger partial charge on any atom is -0.271 e. The van der Waals surface area contributed by atoms with Crippen molar-refractivity contribution in [3.8, 4) is 0 Å². The van der Waals surface area contributed by atoms with Crippen LogP contribution >= 0.6 is 15.9 Å². The van der Waals surface area contributed by atoms with Gasteiger partial charge in [-0.15, -0.1) is 0 Å². The van der Waals surface area contributed by atoms with Crippen molar-refractivity contribution in [2.45, 2.75) is 12.5 Å². The SMILES string of the molecule is NNC(Cc1cccc(F)c1)c1cc(Br)ccc1F. The van der Waals surface area contributed by atoms with E-state index in [2.05, 4.69) is 21.4 Å². The maximum Gasteiger partial charge on any atom is 0.128 e. The molecule has 0 heterocycles. The maximum absolute atomic E-state index is 13.8. The molecule has 0 bridgehead atoms. The van der Waals surface area contributed by atoms with Crippen LogP contribution in [-0.4, -0.2) is 0 Å². The number of hydrogen-bond acceptors (Lipinski definition) is 2. The second kappa shape index (κ2) is 6.23. The Morgan fingerprint density at radius 2 is 1.95 bits per heavy atom. The largest absolute Gasteiger partial charge is 0.271 e. The molecule has 0 aliphatic carbocycles. The van der Waals surface area contributed by atoms with Crippen LogP contribution in [0.15, 0.2) is 46.9 Å². The third-order valence-corrected chi connectivity index (χ3v) is 3.36. The Hall–Kier alpha value is -1.30. The van der Waals surface area contributed by atoms with E-state index in [1.807, 2.05) is 0 Å². The van der Waals surface area contributed by atoms with Gasteiger partial charge < -0.3 is 0 Å². The molecule has 2 aromatic carbocycles. The average molecular weight is 327 g/mol. The zero-order chi connectivity index (χ0) is 13.8. The lowest BCUT2D eigenvalue weighted by atomic mass is 9.99. The summed E-state index contributed by atoms with van der Waals surface area (Å²) in [5, 5.41) is 0. The van der Waals surface area contributed by atoms with Crippen LogP contribution < -0.4 is 11.3 Å². The number of halogens is 3. The van der Waals surface area contributed by atoms with Gasteiger partial charge in [0.1, 0.15) is 11.6 Å². The zero-order valence-electron chi connectivity index (χ0n) is 10.0. The Morgan fingerprint density at radius 3 is 2.63 bits per heavy atom. The first kappa shape index (κ1) is 14.1. The molecule has 0 fully saturated rings. The van der Waals surface area contributed by atoms with Gasteiger partial charge in [0.05, 0.1) is 6.04 Å². The maximum atomic E-state index is 13.8. The molecule has 19 heavy (non-hydrogen) atoms. The van der Waals surface area contributed by atoms with E-state index in [4.69, 9.17) is 5.84 Å². The Bertz CT molecular complexity index is 575. The number of hydrazine groups is 1. The summed E-state index contributed by atoms with van der Waals surface area (Å²) in [6, 6.07) is 10.4. The summed E-state index contributed by atoms with van der Waals surface area (Å²) in [5.74, 6) is 4.82. The van der Waals surface area contributed by atoms with Gasteiger partial charge in [-0.2, -0.15) is 0 Å². The van der Waals surface area contributed by atoms with E-state index in [0.717, 1.165) is 10.0 Å². The molecule has 0 saturated heterocycles. The highest BCUT2D eigenvalue weighted by Crippen LogP contribution is 2.24. The molecule has 1 atom stereocenters. The van der Waals surface area contributed by atoms with Gasteiger partial charge in [-0.25, -0.2) is 8.78 Å². The smallest absolute Gasteiger partial charge is 0.128 e. The molecule has 0 spiro atoms. The van der Waals surface area contributed by atoms with E-state index in [1.54, 1.807) is 24.3 Å². The normalized spacial score (nSPS) is 12.4. The Labute approximate surface area is 118 Å². The Morgan fingerprint density at radius 1 is 1.16 bits per heavy atom. The van der Waals surface area contributed by atoms with E-state index in [0.29, 0.717) is 12.0 Å². The fourth-order valence-corrected chi connectivity index (χ4v) is 2.32. The predicted molar refractivity (Wildman–Crippen MR) is 74.3 cm³/mol. The molecule has 2 rings (SSSR count). The fraction of sp³-hybridized carbons (Fsp3) is 0.143. The first-order valence-corrected chi connectivity index (χ1v) is 6.55. The lowest BCUT2D eigenvalue weighted by molar-refractivity contribution is 0.509. The Balaban J connectivity index is 2.27. The summed E-state index contributed by atoms with van der Waals surface area (Å²) in [6.45, 7) is 0. The third kappa shape index (κ3) is 3.59. The second-order valence-corrected chi connectivity index (χ2v) is 5.13. The van der Waals surface area contributed by atoms with Gasteiger partial charge in [0.2, 0.25) is 0 Å². The van der Waals surface area contributed by atoms with Crippen LogP contribution in [0.2, 0.25) is 0 Å². The number of hydrogen-bond donors (Lipinski definition) is 2. The minimum atomic E-state index is -0.417. The fourth-order valence-electron chi connectivity index (χ4n) is 1.94. The van der Waals surface area contributed by atoms with Gasteiger partial charge in [-0.05, 0) is 42.3 Å². The molecule has 3 N–H and O–H groups in total. The average Bonchev–Trinajstić information content (AvgIpc) is 2.39. The van der Waals surface area contributed by atoms with Crippen LogP contribution in [0.5, 0.6) is 0 Å².